The zero-order valence-electron chi connectivity index (χ0n) is 16.5. The fourth-order valence-electron chi connectivity index (χ4n) is 2.73. The van der Waals surface area contributed by atoms with Crippen LogP contribution in [0.3, 0.4) is 0 Å². The molecular formula is C19H20N8O4. The van der Waals surface area contributed by atoms with Gasteiger partial charge in [-0.25, -0.2) is 14.8 Å². The van der Waals surface area contributed by atoms with Crippen LogP contribution in [0, 0.1) is 0 Å². The molecule has 0 saturated heterocycles. The molecule has 1 atom stereocenters. The summed E-state index contributed by atoms with van der Waals surface area (Å²) >= 11 is 0. The summed E-state index contributed by atoms with van der Waals surface area (Å²) in [4.78, 5) is 51.0. The molecule has 2 heterocycles. The number of carboxylic acid groups (broad SMARTS) is 1. The predicted octanol–water partition coefficient (Wildman–Crippen LogP) is 0.358. The Morgan fingerprint density at radius 1 is 1.10 bits per heavy atom. The second-order valence-electron chi connectivity index (χ2n) is 6.70. The summed E-state index contributed by atoms with van der Waals surface area (Å²) in [7, 11) is 0. The molecule has 0 fully saturated rings. The molecule has 0 aliphatic heterocycles. The maximum absolute atomic E-state index is 12.3. The lowest BCUT2D eigenvalue weighted by Crippen LogP contribution is -2.41. The van der Waals surface area contributed by atoms with Crippen LogP contribution in [-0.2, 0) is 16.1 Å². The lowest BCUT2D eigenvalue weighted by molar-refractivity contribution is -0.140. The highest BCUT2D eigenvalue weighted by molar-refractivity contribution is 5.97. The van der Waals surface area contributed by atoms with E-state index < -0.39 is 17.9 Å². The van der Waals surface area contributed by atoms with E-state index in [2.05, 4.69) is 30.6 Å². The third-order valence-corrected chi connectivity index (χ3v) is 4.22. The van der Waals surface area contributed by atoms with Gasteiger partial charge in [0.15, 0.2) is 17.0 Å². The van der Waals surface area contributed by atoms with Crippen molar-refractivity contribution in [1.82, 2.24) is 25.3 Å². The number of carbonyl (C=O) groups is 3. The Bertz CT molecular complexity index is 1150. The number of fused-ring (bicyclic) bond motifs is 1. The minimum absolute atomic E-state index is 0.0188. The summed E-state index contributed by atoms with van der Waals surface area (Å²) in [5, 5.41) is 14.6. The van der Waals surface area contributed by atoms with E-state index in [1.807, 2.05) is 0 Å². The average Bonchev–Trinajstić information content (AvgIpc) is 2.71. The lowest BCUT2D eigenvalue weighted by Gasteiger charge is -2.13. The number of nitrogens with zero attached hydrogens (tertiary/aromatic N) is 4. The van der Waals surface area contributed by atoms with Gasteiger partial charge in [-0.15, -0.1) is 0 Å². The predicted molar refractivity (Wildman–Crippen MR) is 112 cm³/mol. The molecular weight excluding hydrogens is 404 g/mol. The van der Waals surface area contributed by atoms with Crippen molar-refractivity contribution in [3.05, 3.63) is 41.7 Å². The second kappa shape index (κ2) is 8.98. The Balaban J connectivity index is 1.64. The van der Waals surface area contributed by atoms with Crippen LogP contribution in [0.2, 0.25) is 0 Å². The molecule has 2 aromatic heterocycles. The molecule has 0 bridgehead atoms. The van der Waals surface area contributed by atoms with Gasteiger partial charge in [0.25, 0.3) is 5.91 Å². The molecule has 31 heavy (non-hydrogen) atoms. The molecule has 160 valence electrons. The zero-order chi connectivity index (χ0) is 22.5. The van der Waals surface area contributed by atoms with Crippen molar-refractivity contribution in [2.24, 2.45) is 0 Å². The number of aromatic nitrogens is 4. The van der Waals surface area contributed by atoms with Crippen LogP contribution in [0.1, 0.15) is 29.4 Å². The monoisotopic (exact) mass is 424 g/mol. The number of Topliss-reactive ketones (excluding diaryl/α,β-unsaturated/α-hetero) is 1. The summed E-state index contributed by atoms with van der Waals surface area (Å²) in [6.45, 7) is 1.58. The van der Waals surface area contributed by atoms with Crippen molar-refractivity contribution < 1.29 is 19.5 Å². The Hall–Kier alpha value is -4.35. The van der Waals surface area contributed by atoms with Crippen molar-refractivity contribution in [2.75, 3.05) is 16.8 Å². The highest BCUT2D eigenvalue weighted by Crippen LogP contribution is 2.16. The molecule has 0 spiro atoms. The highest BCUT2D eigenvalue weighted by Gasteiger charge is 2.22. The smallest absolute Gasteiger partial charge is 0.326 e. The first-order chi connectivity index (χ1) is 14.7. The van der Waals surface area contributed by atoms with E-state index in [9.17, 15) is 14.4 Å². The molecule has 7 N–H and O–H groups in total. The number of carbonyl (C=O) groups excluding carboxylic acids is 2. The third-order valence-electron chi connectivity index (χ3n) is 4.22. The molecule has 1 amide bonds. The van der Waals surface area contributed by atoms with Crippen molar-refractivity contribution in [3.8, 4) is 0 Å². The number of benzene rings is 1. The van der Waals surface area contributed by atoms with Crippen LogP contribution in [0.4, 0.5) is 17.5 Å². The van der Waals surface area contributed by atoms with Crippen LogP contribution in [0.5, 0.6) is 0 Å². The fraction of sp³-hybridized carbons (Fsp3) is 0.211. The molecule has 3 aromatic rings. The number of nitrogen functional groups attached to an aromatic ring is 2. The first-order valence-electron chi connectivity index (χ1n) is 9.14. The number of ketones is 1. The number of carboxylic acids is 1. The summed E-state index contributed by atoms with van der Waals surface area (Å²) in [5.74, 6) is -2.04. The Morgan fingerprint density at radius 3 is 2.45 bits per heavy atom. The molecule has 0 saturated carbocycles. The second-order valence-corrected chi connectivity index (χ2v) is 6.70. The fourth-order valence-corrected chi connectivity index (χ4v) is 2.73. The maximum Gasteiger partial charge on any atom is 0.326 e. The maximum atomic E-state index is 12.3. The van der Waals surface area contributed by atoms with E-state index in [1.54, 1.807) is 12.1 Å². The van der Waals surface area contributed by atoms with E-state index in [1.165, 1.54) is 25.3 Å². The molecule has 0 aliphatic rings. The lowest BCUT2D eigenvalue weighted by atomic mass is 10.1. The normalized spacial score (nSPS) is 11.6. The van der Waals surface area contributed by atoms with Gasteiger partial charge in [-0.2, -0.15) is 9.97 Å². The van der Waals surface area contributed by atoms with Gasteiger partial charge in [0, 0.05) is 17.7 Å². The zero-order valence-corrected chi connectivity index (χ0v) is 16.5. The number of rotatable bonds is 8. The standard InChI is InChI=1S/C19H20N8O4/c1-9(28)6-13(18(30)31)25-17(29)10-2-4-11(5-3-10)22-7-12-8-23-16-14(24-12)15(20)26-19(21)27-16/h2-5,8,13,22H,6-7H2,1H3,(H,25,29)(H,30,31)(H4,20,21,23,26,27)/t13-/m0/s1. The Kier molecular flexibility index (Phi) is 6.19. The van der Waals surface area contributed by atoms with Gasteiger partial charge in [0.05, 0.1) is 18.4 Å². The van der Waals surface area contributed by atoms with Crippen molar-refractivity contribution in [2.45, 2.75) is 25.9 Å². The van der Waals surface area contributed by atoms with E-state index in [4.69, 9.17) is 16.6 Å². The SMILES string of the molecule is CC(=O)C[C@H](NC(=O)c1ccc(NCc2cnc3nc(N)nc(N)c3n2)cc1)C(=O)O. The molecule has 12 nitrogen and oxygen atoms in total. The quantitative estimate of drug-likeness (QED) is 0.334. The first kappa shape index (κ1) is 21.4. The van der Waals surface area contributed by atoms with Crippen molar-refractivity contribution in [3.63, 3.8) is 0 Å². The number of hydrogen-bond donors (Lipinski definition) is 5. The summed E-state index contributed by atoms with van der Waals surface area (Å²) < 4.78 is 0. The van der Waals surface area contributed by atoms with E-state index in [0.29, 0.717) is 29.1 Å². The first-order valence-corrected chi connectivity index (χ1v) is 9.14. The number of aliphatic carboxylic acids is 1. The van der Waals surface area contributed by atoms with Gasteiger partial charge in [-0.1, -0.05) is 0 Å². The number of amides is 1. The molecule has 1 aromatic carbocycles. The molecule has 0 aliphatic carbocycles. The topological polar surface area (TPSA) is 199 Å². The van der Waals surface area contributed by atoms with Gasteiger partial charge in [-0.3, -0.25) is 9.59 Å². The van der Waals surface area contributed by atoms with Crippen LogP contribution in [-0.4, -0.2) is 48.7 Å². The molecule has 0 unspecified atom stereocenters. The Labute approximate surface area is 176 Å². The van der Waals surface area contributed by atoms with Crippen LogP contribution >= 0.6 is 0 Å². The minimum Gasteiger partial charge on any atom is -0.480 e. The molecule has 12 heteroatoms. The number of hydrogen-bond acceptors (Lipinski definition) is 10. The minimum atomic E-state index is -1.28. The number of anilines is 3. The molecule has 0 radical (unpaired) electrons. The highest BCUT2D eigenvalue weighted by atomic mass is 16.4. The average molecular weight is 424 g/mol. The van der Waals surface area contributed by atoms with E-state index >= 15 is 0 Å². The van der Waals surface area contributed by atoms with Crippen molar-refractivity contribution >= 4 is 46.3 Å². The third kappa shape index (κ3) is 5.38. The van der Waals surface area contributed by atoms with Gasteiger partial charge in [0.1, 0.15) is 11.8 Å². The van der Waals surface area contributed by atoms with Gasteiger partial charge in [0.2, 0.25) is 5.95 Å². The largest absolute Gasteiger partial charge is 0.480 e. The Morgan fingerprint density at radius 2 is 1.81 bits per heavy atom. The van der Waals surface area contributed by atoms with Crippen LogP contribution < -0.4 is 22.1 Å². The summed E-state index contributed by atoms with van der Waals surface area (Å²) in [5.41, 5.74) is 13.5. The van der Waals surface area contributed by atoms with Gasteiger partial charge >= 0.3 is 5.97 Å². The summed E-state index contributed by atoms with van der Waals surface area (Å²) in [6, 6.07) is 5.10. The van der Waals surface area contributed by atoms with E-state index in [0.717, 1.165) is 0 Å². The van der Waals surface area contributed by atoms with Gasteiger partial charge in [-0.05, 0) is 31.2 Å². The summed E-state index contributed by atoms with van der Waals surface area (Å²) in [6.07, 6.45) is 1.25. The van der Waals surface area contributed by atoms with Crippen LogP contribution in [0.15, 0.2) is 30.5 Å². The molecule has 3 rings (SSSR count). The number of nitrogens with two attached hydrogens (primary N) is 2. The van der Waals surface area contributed by atoms with Crippen LogP contribution in [0.25, 0.3) is 11.2 Å². The van der Waals surface area contributed by atoms with Crippen molar-refractivity contribution in [1.29, 1.82) is 0 Å². The van der Waals surface area contributed by atoms with Gasteiger partial charge < -0.3 is 27.2 Å². The number of nitrogens with one attached hydrogen (secondary N) is 2. The van der Waals surface area contributed by atoms with E-state index in [-0.39, 0.29) is 29.5 Å².